The maximum absolute atomic E-state index is 15.2. The van der Waals surface area contributed by atoms with Crippen molar-refractivity contribution in [3.63, 3.8) is 0 Å². The van der Waals surface area contributed by atoms with Gasteiger partial charge in [0.1, 0.15) is 36.9 Å². The van der Waals surface area contributed by atoms with Gasteiger partial charge in [0.25, 0.3) is 0 Å². The van der Waals surface area contributed by atoms with Gasteiger partial charge in [-0.25, -0.2) is 4.68 Å². The number of aliphatic hydroxyl groups is 1. The van der Waals surface area contributed by atoms with Gasteiger partial charge in [0.2, 0.25) is 41.4 Å². The molecule has 5 N–H and O–H groups in total. The third-order valence-electron chi connectivity index (χ3n) is 26.4. The fraction of sp³-hybridized carbons (Fsp3) is 0.798. The van der Waals surface area contributed by atoms with Gasteiger partial charge in [-0.3, -0.25) is 52.7 Å². The largest absolute Gasteiger partial charge is 0.386 e. The topological polar surface area (TPSA) is 407 Å². The number of ketones is 4. The zero-order valence-electron chi connectivity index (χ0n) is 87.5. The van der Waals surface area contributed by atoms with E-state index in [-0.39, 0.29) is 143 Å². The van der Waals surface area contributed by atoms with Crippen LogP contribution in [0.4, 0.5) is 0 Å². The lowest BCUT2D eigenvalue weighted by Crippen LogP contribution is -2.55. The highest BCUT2D eigenvalue weighted by atomic mass is 16.6. The third-order valence-corrected chi connectivity index (χ3v) is 26.4. The van der Waals surface area contributed by atoms with Gasteiger partial charge in [0.15, 0.2) is 17.3 Å². The number of hydrogen-bond acceptors (Lipinski definition) is 26. The molecule has 0 bridgehead atoms. The van der Waals surface area contributed by atoms with Crippen LogP contribution in [0.2, 0.25) is 0 Å². The molecule has 7 amide bonds. The summed E-state index contributed by atoms with van der Waals surface area (Å²) in [6.07, 6.45) is 9.64. The van der Waals surface area contributed by atoms with Crippen molar-refractivity contribution in [3.8, 4) is 11.8 Å². The normalized spacial score (nSPS) is 17.9. The second-order valence-electron chi connectivity index (χ2n) is 39.7. The van der Waals surface area contributed by atoms with Crippen LogP contribution in [-0.2, 0) is 123 Å². The molecule has 1 saturated heterocycles. The average molecular weight is 1960 g/mol. The Morgan fingerprint density at radius 1 is 0.568 bits per heavy atom. The van der Waals surface area contributed by atoms with Gasteiger partial charge < -0.3 is 102 Å². The molecule has 2 heterocycles. The highest BCUT2D eigenvalue weighted by Gasteiger charge is 2.45. The summed E-state index contributed by atoms with van der Waals surface area (Å²) in [5.41, 5.74) is 2.31. The summed E-state index contributed by atoms with van der Waals surface area (Å²) in [6, 6.07) is 5.33. The predicted octanol–water partition coefficient (Wildman–Crippen LogP) is 9.36. The Kier molecular flexibility index (Phi) is 60.1. The fourth-order valence-corrected chi connectivity index (χ4v) is 18.0. The van der Waals surface area contributed by atoms with Crippen molar-refractivity contribution in [2.75, 3.05) is 195 Å². The maximum atomic E-state index is 15.2. The summed E-state index contributed by atoms with van der Waals surface area (Å²) in [6.45, 7) is 27.8. The van der Waals surface area contributed by atoms with Crippen LogP contribution in [0.3, 0.4) is 0 Å². The number of carbonyl (C=O) groups excluding carboxylic acids is 11. The van der Waals surface area contributed by atoms with E-state index < -0.39 is 108 Å². The van der Waals surface area contributed by atoms with Crippen LogP contribution in [-0.4, -0.2) is 347 Å². The molecule has 0 saturated carbocycles. The zero-order chi connectivity index (χ0) is 102. The molecule has 2 unspecified atom stereocenters. The maximum Gasteiger partial charge on any atom is 0.246 e. The smallest absolute Gasteiger partial charge is 0.246 e. The summed E-state index contributed by atoms with van der Waals surface area (Å²) in [4.78, 5) is 159. The SMILES string of the molecule is CC[C@H](C)[C@@H]([C@@H](CC(=O)N1CCC[C@H]1[C@H](OC)[C@@H](C)C(=O)N[C@H](C)[C@@H](O)c1ccccc1)OC)N(C)C(=O)[C@@H](CC(=O)[C@H](C(C)C)N(C)C(=O)[C@H](C)CC(=O)[C@@H](NC(=O)[C@@H](CCCCNC(=O)COC1CCCCCc2c1nnn2CCOCCOCCOCCOCCC(=O)NCC[N+](C)(C)C)CC(=O)CCOCCOCCOCCOCCCC(=O)COC1C#CCCCCC1)C(C)C)C(C)C. The molecule has 139 heavy (non-hydrogen) atoms. The summed E-state index contributed by atoms with van der Waals surface area (Å²) in [5, 5.41) is 31.9. The Balaban J connectivity index is 1.14. The van der Waals surface area contributed by atoms with Crippen molar-refractivity contribution < 1.29 is 119 Å². The minimum atomic E-state index is -1.07. The molecule has 1 aliphatic heterocycles. The van der Waals surface area contributed by atoms with Gasteiger partial charge in [-0.15, -0.1) is 11.0 Å². The Bertz CT molecular complexity index is 3970. The number of Topliss-reactive ketones (excluding diaryl/α,β-unsaturated/α-hetero) is 4. The van der Waals surface area contributed by atoms with E-state index in [0.717, 1.165) is 74.5 Å². The van der Waals surface area contributed by atoms with Gasteiger partial charge >= 0.3 is 0 Å². The minimum Gasteiger partial charge on any atom is -0.386 e. The van der Waals surface area contributed by atoms with E-state index in [1.54, 1.807) is 63.6 Å². The standard InChI is InChI=1S/C104H175N11O24/c1-19-76(8)98(91(128-17)70-94(122)113-48-33-42-87(113)100(129-18)78(10)101(124)107-79(11)99(123)80-35-25-23-26-36-80)112(13)104(127)85(73(2)3)69-89(119)97(75(6)7)111(12)103(126)77(9)67-88(118)95(74(4)5)108-102(125)81(68-82(116)44-52-131-56-60-135-64-63-134-59-55-130-51-34-38-83(117)71-138-84-39-27-21-20-22-28-40-84)37-31-32-46-105-93(121)72-139-90-43-30-24-29-41-86-96(90)109-110-114(86)49-54-133-58-62-137-66-65-136-61-57-132-53-45-92(120)106-47-50-115(14,15)16/h23,25-26,35-36,73-79,81,84-85,87,90-91,95,97-100,123H,19-22,24,27,29-34,37-39,41-72H2,1-18H3,(H3-,105,106,107,108,120,121,124,125)/p+1/t76-,77+,78+,79+,81-,84?,85-,87-,90?,91+,95-,97-,98-,99+,100+/m0/s1. The molecule has 0 radical (unpaired) electrons. The Labute approximate surface area is 829 Å². The average Bonchev–Trinajstić information content (AvgIpc) is 1.78. The van der Waals surface area contributed by atoms with Gasteiger partial charge in [0, 0.05) is 111 Å². The van der Waals surface area contributed by atoms with Crippen molar-refractivity contribution in [1.82, 2.24) is 51.0 Å². The van der Waals surface area contributed by atoms with Crippen molar-refractivity contribution in [2.24, 2.45) is 47.3 Å². The second-order valence-corrected chi connectivity index (χ2v) is 39.7. The number of benzene rings is 1. The first-order valence-corrected chi connectivity index (χ1v) is 51.4. The van der Waals surface area contributed by atoms with E-state index >= 15 is 4.79 Å². The number of likely N-dealkylation sites (tertiary alicyclic amines) is 1. The number of methoxy groups -OCH3 is 2. The van der Waals surface area contributed by atoms with E-state index in [1.165, 1.54) is 26.2 Å². The minimum absolute atomic E-state index is 0.000729. The number of aromatic nitrogens is 3. The van der Waals surface area contributed by atoms with E-state index in [0.29, 0.717) is 175 Å². The van der Waals surface area contributed by atoms with Crippen LogP contribution >= 0.6 is 0 Å². The number of amides is 7. The van der Waals surface area contributed by atoms with E-state index in [2.05, 4.69) is 64.6 Å². The van der Waals surface area contributed by atoms with Crippen molar-refractivity contribution in [3.05, 3.63) is 47.3 Å². The number of aliphatic hydroxyl groups excluding tert-OH is 1. The molecule has 15 atom stereocenters. The highest BCUT2D eigenvalue weighted by molar-refractivity contribution is 5.96. The molecular weight excluding hydrogens is 1790 g/mol. The van der Waals surface area contributed by atoms with Crippen LogP contribution in [0.25, 0.3) is 0 Å². The lowest BCUT2D eigenvalue weighted by atomic mass is 9.83. The zero-order valence-corrected chi connectivity index (χ0v) is 87.5. The van der Waals surface area contributed by atoms with Gasteiger partial charge in [-0.05, 0) is 107 Å². The number of hydrogen-bond donors (Lipinski definition) is 5. The van der Waals surface area contributed by atoms with Crippen LogP contribution in [0.5, 0.6) is 0 Å². The Hall–Kier alpha value is -7.67. The first-order valence-electron chi connectivity index (χ1n) is 51.4. The van der Waals surface area contributed by atoms with Crippen LogP contribution in [0.1, 0.15) is 253 Å². The van der Waals surface area contributed by atoms with Gasteiger partial charge in [-0.2, -0.15) is 0 Å². The molecule has 2 aromatic rings. The summed E-state index contributed by atoms with van der Waals surface area (Å²) >= 11 is 0. The Morgan fingerprint density at radius 3 is 1.79 bits per heavy atom. The lowest BCUT2D eigenvalue weighted by molar-refractivity contribution is -0.869. The first-order chi connectivity index (χ1) is 66.5. The van der Waals surface area contributed by atoms with Crippen molar-refractivity contribution in [2.45, 2.75) is 298 Å². The number of nitrogens with zero attached hydrogens (tertiary/aromatic N) is 7. The molecule has 35 heteroatoms. The van der Waals surface area contributed by atoms with E-state index in [9.17, 15) is 53.1 Å². The molecule has 790 valence electrons. The lowest BCUT2D eigenvalue weighted by Gasteiger charge is -2.41. The first kappa shape index (κ1) is 122. The predicted molar refractivity (Wildman–Crippen MR) is 527 cm³/mol. The molecule has 1 aromatic heterocycles. The highest BCUT2D eigenvalue weighted by Crippen LogP contribution is 2.34. The molecule has 2 aliphatic carbocycles. The molecule has 0 spiro atoms. The number of fused-ring (bicyclic) bond motifs is 1. The van der Waals surface area contributed by atoms with Crippen LogP contribution in [0, 0.1) is 59.2 Å². The van der Waals surface area contributed by atoms with Crippen molar-refractivity contribution in [1.29, 1.82) is 0 Å². The molecule has 1 aromatic carbocycles. The Morgan fingerprint density at radius 2 is 1.18 bits per heavy atom. The number of likely N-dealkylation sites (N-methyl/N-ethyl adjacent to an activating group) is 3. The molecule has 35 nitrogen and oxygen atoms in total. The summed E-state index contributed by atoms with van der Waals surface area (Å²) in [5.74, 6) is -1.75. The number of quaternary nitrogens is 1. The number of ether oxygens (including phenoxy) is 12. The van der Waals surface area contributed by atoms with Gasteiger partial charge in [0.05, 0.1) is 206 Å². The fourth-order valence-electron chi connectivity index (χ4n) is 18.0. The van der Waals surface area contributed by atoms with Crippen LogP contribution in [0.15, 0.2) is 30.3 Å². The quantitative estimate of drug-likeness (QED) is 0.0234. The summed E-state index contributed by atoms with van der Waals surface area (Å²) in [7, 11) is 12.5. The third kappa shape index (κ3) is 46.3. The number of rotatable bonds is 75. The number of unbranched alkanes of at least 4 members (excludes halogenated alkanes) is 1. The van der Waals surface area contributed by atoms with Gasteiger partial charge in [-0.1, -0.05) is 143 Å². The van der Waals surface area contributed by atoms with E-state index in [1.807, 2.05) is 64.4 Å². The van der Waals surface area contributed by atoms with Crippen LogP contribution < -0.4 is 21.3 Å². The molecule has 5 rings (SSSR count). The van der Waals surface area contributed by atoms with Crippen molar-refractivity contribution >= 4 is 64.5 Å². The monoisotopic (exact) mass is 1960 g/mol. The molecule has 1 fully saturated rings. The number of nitrogens with one attached hydrogen (secondary N) is 4. The van der Waals surface area contributed by atoms with E-state index in [4.69, 9.17) is 56.8 Å². The number of carbonyl (C=O) groups is 11. The molecule has 3 aliphatic rings. The summed E-state index contributed by atoms with van der Waals surface area (Å²) < 4.78 is 72.3. The second kappa shape index (κ2) is 68.5. The molecular formula is C104H176N11O24+.